The second-order valence-electron chi connectivity index (χ2n) is 9.07. The Labute approximate surface area is 183 Å². The van der Waals surface area contributed by atoms with Crippen LogP contribution in [0.4, 0.5) is 9.59 Å². The Kier molecular flexibility index (Phi) is 7.10. The van der Waals surface area contributed by atoms with Crippen molar-refractivity contribution in [2.24, 2.45) is 0 Å². The van der Waals surface area contributed by atoms with Crippen LogP contribution in [-0.2, 0) is 9.47 Å². The number of alkyl carbamates (subject to hydrolysis) is 1. The normalized spacial score (nSPS) is 12.6. The first kappa shape index (κ1) is 23.9. The van der Waals surface area contributed by atoms with E-state index in [-0.39, 0.29) is 0 Å². The van der Waals surface area contributed by atoms with Gasteiger partial charge < -0.3 is 9.47 Å². The average molecular weight is 426 g/mol. The van der Waals surface area contributed by atoms with Crippen LogP contribution in [0.5, 0.6) is 0 Å². The summed E-state index contributed by atoms with van der Waals surface area (Å²) in [5.74, 6) is -0.471. The maximum absolute atomic E-state index is 13.1. The van der Waals surface area contributed by atoms with Gasteiger partial charge in [0.2, 0.25) is 5.96 Å². The summed E-state index contributed by atoms with van der Waals surface area (Å²) in [5.41, 5.74) is -0.810. The summed E-state index contributed by atoms with van der Waals surface area (Å²) in [7, 11) is 0. The van der Waals surface area contributed by atoms with Gasteiger partial charge in [0.1, 0.15) is 11.2 Å². The maximum atomic E-state index is 13.1. The number of hydrogen-bond acceptors (Lipinski definition) is 5. The van der Waals surface area contributed by atoms with Crippen LogP contribution in [0.15, 0.2) is 55.1 Å². The highest BCUT2D eigenvalue weighted by Gasteiger charge is 2.33. The van der Waals surface area contributed by atoms with Gasteiger partial charge in [-0.2, -0.15) is 0 Å². The van der Waals surface area contributed by atoms with E-state index < -0.39 is 35.4 Å². The number of nitrogens with zero attached hydrogens (tertiary/aromatic N) is 1. The second kappa shape index (κ2) is 9.20. The predicted octanol–water partition coefficient (Wildman–Crippen LogP) is 5.76. The second-order valence-corrected chi connectivity index (χ2v) is 9.07. The van der Waals surface area contributed by atoms with Gasteiger partial charge in [0, 0.05) is 0 Å². The summed E-state index contributed by atoms with van der Waals surface area (Å²) >= 11 is 0. The first-order valence-electron chi connectivity index (χ1n) is 10.0. The highest BCUT2D eigenvalue weighted by molar-refractivity contribution is 6.01. The molecule has 0 saturated carbocycles. The molecule has 0 unspecified atom stereocenters. The zero-order valence-electron chi connectivity index (χ0n) is 19.0. The zero-order valence-corrected chi connectivity index (χ0v) is 19.0. The van der Waals surface area contributed by atoms with Crippen molar-refractivity contribution >= 4 is 28.9 Å². The van der Waals surface area contributed by atoms with Gasteiger partial charge in [0.15, 0.2) is 0 Å². The third kappa shape index (κ3) is 6.57. The van der Waals surface area contributed by atoms with E-state index in [0.29, 0.717) is 0 Å². The topological polar surface area (TPSA) is 91.7 Å². The molecule has 7 nitrogen and oxygen atoms in total. The van der Waals surface area contributed by atoms with Crippen LogP contribution in [0.2, 0.25) is 0 Å². The molecule has 0 aliphatic rings. The fourth-order valence-corrected chi connectivity index (χ4v) is 3.00. The van der Waals surface area contributed by atoms with Crippen molar-refractivity contribution in [2.45, 2.75) is 58.8 Å². The minimum absolute atomic E-state index is 0.471. The molecule has 2 aromatic rings. The molecular formula is C24H31N3O4. The van der Waals surface area contributed by atoms with Gasteiger partial charge in [-0.1, -0.05) is 48.5 Å². The Morgan fingerprint density at radius 2 is 1.58 bits per heavy atom. The van der Waals surface area contributed by atoms with Crippen molar-refractivity contribution in [3.05, 3.63) is 60.7 Å². The standard InChI is InChI=1S/C24H31N3O4/c1-8-19(18-15-11-13-16-12-9-10-14-17(16)18)27(22(29)31-24(5,6)7)20(25)26-21(28)30-23(2,3)4/h8-15,19H,1H2,2-7H3,(H2,25,26,28)/t19-/m0/s1. The van der Waals surface area contributed by atoms with Crippen molar-refractivity contribution in [1.82, 2.24) is 10.2 Å². The number of amides is 2. The molecule has 2 amide bonds. The van der Waals surface area contributed by atoms with E-state index in [9.17, 15) is 9.59 Å². The Morgan fingerprint density at radius 3 is 2.16 bits per heavy atom. The molecule has 0 aliphatic heterocycles. The lowest BCUT2D eigenvalue weighted by Gasteiger charge is -2.33. The summed E-state index contributed by atoms with van der Waals surface area (Å²) in [4.78, 5) is 26.4. The van der Waals surface area contributed by atoms with Gasteiger partial charge in [0.05, 0.1) is 6.04 Å². The number of carbonyl (C=O) groups excluding carboxylic acids is 2. The van der Waals surface area contributed by atoms with Crippen LogP contribution in [0.25, 0.3) is 10.8 Å². The largest absolute Gasteiger partial charge is 0.444 e. The monoisotopic (exact) mass is 425 g/mol. The lowest BCUT2D eigenvalue weighted by molar-refractivity contribution is 0.0323. The van der Waals surface area contributed by atoms with Crippen LogP contribution in [0.3, 0.4) is 0 Å². The molecule has 0 aromatic heterocycles. The van der Waals surface area contributed by atoms with Gasteiger partial charge in [-0.15, -0.1) is 6.58 Å². The number of carbonyl (C=O) groups is 2. The summed E-state index contributed by atoms with van der Waals surface area (Å²) in [6.45, 7) is 14.2. The third-order valence-electron chi connectivity index (χ3n) is 4.09. The van der Waals surface area contributed by atoms with Crippen molar-refractivity contribution in [1.29, 1.82) is 5.41 Å². The molecule has 31 heavy (non-hydrogen) atoms. The molecule has 1 atom stereocenters. The zero-order chi connectivity index (χ0) is 23.4. The molecular weight excluding hydrogens is 394 g/mol. The van der Waals surface area contributed by atoms with E-state index in [1.54, 1.807) is 41.5 Å². The molecule has 0 heterocycles. The van der Waals surface area contributed by atoms with Gasteiger partial charge >= 0.3 is 12.2 Å². The quantitative estimate of drug-likeness (QED) is 0.371. The highest BCUT2D eigenvalue weighted by Crippen LogP contribution is 2.30. The number of guanidine groups is 1. The fourth-order valence-electron chi connectivity index (χ4n) is 3.00. The van der Waals surface area contributed by atoms with Crippen molar-refractivity contribution in [2.75, 3.05) is 0 Å². The third-order valence-corrected chi connectivity index (χ3v) is 4.09. The van der Waals surface area contributed by atoms with Crippen molar-refractivity contribution in [3.63, 3.8) is 0 Å². The van der Waals surface area contributed by atoms with E-state index in [1.165, 1.54) is 6.08 Å². The minimum Gasteiger partial charge on any atom is -0.444 e. The Bertz CT molecular complexity index is 981. The first-order valence-corrected chi connectivity index (χ1v) is 10.0. The number of rotatable bonds is 3. The molecule has 0 spiro atoms. The predicted molar refractivity (Wildman–Crippen MR) is 122 cm³/mol. The van der Waals surface area contributed by atoms with Crippen LogP contribution >= 0.6 is 0 Å². The molecule has 2 rings (SSSR count). The smallest absolute Gasteiger partial charge is 0.418 e. The van der Waals surface area contributed by atoms with Gasteiger partial charge in [-0.3, -0.25) is 10.7 Å². The van der Waals surface area contributed by atoms with E-state index in [1.807, 2.05) is 42.5 Å². The molecule has 0 saturated heterocycles. The summed E-state index contributed by atoms with van der Waals surface area (Å²) < 4.78 is 10.8. The highest BCUT2D eigenvalue weighted by atomic mass is 16.6. The van der Waals surface area contributed by atoms with Crippen molar-refractivity contribution in [3.8, 4) is 0 Å². The summed E-state index contributed by atoms with van der Waals surface area (Å²) in [6.07, 6.45) is -0.0880. The average Bonchev–Trinajstić information content (AvgIpc) is 2.62. The number of nitrogens with one attached hydrogen (secondary N) is 2. The number of hydrogen-bond donors (Lipinski definition) is 2. The van der Waals surface area contributed by atoms with E-state index in [2.05, 4.69) is 11.9 Å². The van der Waals surface area contributed by atoms with E-state index in [0.717, 1.165) is 21.2 Å². The Hall–Kier alpha value is -3.35. The Morgan fingerprint density at radius 1 is 1.00 bits per heavy atom. The summed E-state index contributed by atoms with van der Waals surface area (Å²) in [6, 6.07) is 12.6. The SMILES string of the molecule is C=C[C@@H](c1cccc2ccccc12)N(C(=N)NC(=O)OC(C)(C)C)C(=O)OC(C)(C)C. The van der Waals surface area contributed by atoms with Gasteiger partial charge in [-0.05, 0) is 57.9 Å². The molecule has 7 heteroatoms. The maximum Gasteiger partial charge on any atom is 0.418 e. The molecule has 0 radical (unpaired) electrons. The number of ether oxygens (including phenoxy) is 2. The van der Waals surface area contributed by atoms with Crippen LogP contribution in [0, 0.1) is 5.41 Å². The van der Waals surface area contributed by atoms with Crippen molar-refractivity contribution < 1.29 is 19.1 Å². The lowest BCUT2D eigenvalue weighted by Crippen LogP contribution is -2.50. The molecule has 166 valence electrons. The molecule has 2 N–H and O–H groups in total. The van der Waals surface area contributed by atoms with Gasteiger partial charge in [-0.25, -0.2) is 14.5 Å². The van der Waals surface area contributed by atoms with Crippen LogP contribution in [0.1, 0.15) is 53.1 Å². The number of fused-ring (bicyclic) bond motifs is 1. The lowest BCUT2D eigenvalue weighted by atomic mass is 9.98. The van der Waals surface area contributed by atoms with E-state index >= 15 is 0 Å². The Balaban J connectivity index is 2.49. The molecule has 0 fully saturated rings. The summed E-state index contributed by atoms with van der Waals surface area (Å²) in [5, 5.41) is 12.7. The molecule has 0 aliphatic carbocycles. The number of benzene rings is 2. The van der Waals surface area contributed by atoms with E-state index in [4.69, 9.17) is 14.9 Å². The van der Waals surface area contributed by atoms with Crippen LogP contribution in [-0.4, -0.2) is 34.2 Å². The first-order chi connectivity index (χ1) is 14.3. The molecule has 2 aromatic carbocycles. The molecule has 0 bridgehead atoms. The minimum atomic E-state index is -0.841. The van der Waals surface area contributed by atoms with Crippen LogP contribution < -0.4 is 5.32 Å². The fraction of sp³-hybridized carbons (Fsp3) is 0.375. The van der Waals surface area contributed by atoms with Gasteiger partial charge in [0.25, 0.3) is 0 Å².